The molecule has 0 saturated carbocycles. The first-order valence-corrected chi connectivity index (χ1v) is 9.47. The molecule has 0 spiro atoms. The zero-order valence-electron chi connectivity index (χ0n) is 15.4. The van der Waals surface area contributed by atoms with Crippen LogP contribution in [0.25, 0.3) is 10.8 Å². The highest BCUT2D eigenvalue weighted by atomic mass is 35.5. The lowest BCUT2D eigenvalue weighted by Crippen LogP contribution is -2.57. The molecule has 0 bridgehead atoms. The van der Waals surface area contributed by atoms with Crippen molar-refractivity contribution in [2.24, 2.45) is 0 Å². The first-order valence-electron chi connectivity index (χ1n) is 9.47. The lowest BCUT2D eigenvalue weighted by Gasteiger charge is -2.41. The molecule has 2 fully saturated rings. The Morgan fingerprint density at radius 1 is 1.11 bits per heavy atom. The maximum atomic E-state index is 12.9. The van der Waals surface area contributed by atoms with Crippen LogP contribution in [0.3, 0.4) is 0 Å². The molecule has 0 aliphatic carbocycles. The average Bonchev–Trinajstić information content (AvgIpc) is 2.69. The fourth-order valence-corrected chi connectivity index (χ4v) is 4.16. The number of piperidine rings is 1. The Labute approximate surface area is 166 Å². The normalized spacial score (nSPS) is 20.4. The van der Waals surface area contributed by atoms with Crippen LogP contribution >= 0.6 is 12.4 Å². The number of likely N-dealkylation sites (tertiary alicyclic amines) is 1. The number of hydrogen-bond acceptors (Lipinski definition) is 3. The largest absolute Gasteiger partial charge is 0.340 e. The number of carbonyl (C=O) groups is 2. The van der Waals surface area contributed by atoms with Crippen molar-refractivity contribution in [2.75, 3.05) is 32.7 Å². The highest BCUT2D eigenvalue weighted by Gasteiger charge is 2.31. The van der Waals surface area contributed by atoms with Crippen LogP contribution < -0.4 is 5.32 Å². The Morgan fingerprint density at radius 3 is 2.78 bits per heavy atom. The van der Waals surface area contributed by atoms with Gasteiger partial charge in [0.05, 0.1) is 13.0 Å². The van der Waals surface area contributed by atoms with E-state index in [2.05, 4.69) is 23.5 Å². The van der Waals surface area contributed by atoms with Crippen molar-refractivity contribution in [3.8, 4) is 0 Å². The summed E-state index contributed by atoms with van der Waals surface area (Å²) in [7, 11) is 0. The van der Waals surface area contributed by atoms with Crippen molar-refractivity contribution < 1.29 is 9.59 Å². The van der Waals surface area contributed by atoms with Gasteiger partial charge in [0.15, 0.2) is 0 Å². The number of benzene rings is 2. The van der Waals surface area contributed by atoms with Gasteiger partial charge in [-0.05, 0) is 29.2 Å². The van der Waals surface area contributed by atoms with Gasteiger partial charge in [-0.3, -0.25) is 9.59 Å². The predicted molar refractivity (Wildman–Crippen MR) is 109 cm³/mol. The number of fused-ring (bicyclic) bond motifs is 1. The fourth-order valence-electron chi connectivity index (χ4n) is 4.16. The summed E-state index contributed by atoms with van der Waals surface area (Å²) < 4.78 is 0. The monoisotopic (exact) mass is 387 g/mol. The summed E-state index contributed by atoms with van der Waals surface area (Å²) in [5.74, 6) is 0.318. The molecule has 5 nitrogen and oxygen atoms in total. The van der Waals surface area contributed by atoms with E-state index >= 15 is 0 Å². The molecule has 0 radical (unpaired) electrons. The second-order valence-electron chi connectivity index (χ2n) is 7.21. The van der Waals surface area contributed by atoms with E-state index in [1.54, 1.807) is 0 Å². The van der Waals surface area contributed by atoms with E-state index in [0.717, 1.165) is 43.4 Å². The number of amides is 2. The number of halogens is 1. The van der Waals surface area contributed by atoms with Gasteiger partial charge in [0, 0.05) is 32.2 Å². The van der Waals surface area contributed by atoms with Gasteiger partial charge in [0.1, 0.15) is 0 Å². The van der Waals surface area contributed by atoms with E-state index in [0.29, 0.717) is 19.5 Å². The minimum Gasteiger partial charge on any atom is -0.340 e. The third-order valence-electron chi connectivity index (χ3n) is 5.54. The molecule has 2 aliphatic heterocycles. The second-order valence-corrected chi connectivity index (χ2v) is 7.21. The molecular formula is C21H26ClN3O2. The molecule has 27 heavy (non-hydrogen) atoms. The van der Waals surface area contributed by atoms with Crippen molar-refractivity contribution in [2.45, 2.75) is 25.3 Å². The van der Waals surface area contributed by atoms with E-state index in [1.807, 2.05) is 34.1 Å². The smallest absolute Gasteiger partial charge is 0.236 e. The van der Waals surface area contributed by atoms with Crippen LogP contribution in [-0.4, -0.2) is 60.4 Å². The molecule has 2 aromatic carbocycles. The van der Waals surface area contributed by atoms with Crippen LogP contribution in [0.2, 0.25) is 0 Å². The molecule has 4 rings (SSSR count). The van der Waals surface area contributed by atoms with Crippen LogP contribution in [0.4, 0.5) is 0 Å². The molecular weight excluding hydrogens is 362 g/mol. The maximum absolute atomic E-state index is 12.9. The van der Waals surface area contributed by atoms with Crippen LogP contribution in [-0.2, 0) is 16.0 Å². The highest BCUT2D eigenvalue weighted by Crippen LogP contribution is 2.22. The van der Waals surface area contributed by atoms with Crippen LogP contribution in [0, 0.1) is 0 Å². The molecule has 2 aliphatic rings. The van der Waals surface area contributed by atoms with Gasteiger partial charge in [-0.15, -0.1) is 12.4 Å². The maximum Gasteiger partial charge on any atom is 0.236 e. The van der Waals surface area contributed by atoms with Gasteiger partial charge in [-0.25, -0.2) is 0 Å². The van der Waals surface area contributed by atoms with Crippen LogP contribution in [0.5, 0.6) is 0 Å². The van der Waals surface area contributed by atoms with E-state index in [9.17, 15) is 9.59 Å². The zero-order chi connectivity index (χ0) is 17.9. The Morgan fingerprint density at radius 2 is 1.93 bits per heavy atom. The van der Waals surface area contributed by atoms with Crippen molar-refractivity contribution in [3.63, 3.8) is 0 Å². The first kappa shape index (κ1) is 19.6. The van der Waals surface area contributed by atoms with Crippen molar-refractivity contribution >= 4 is 35.0 Å². The molecule has 2 amide bonds. The fraction of sp³-hybridized carbons (Fsp3) is 0.429. The van der Waals surface area contributed by atoms with Gasteiger partial charge in [0.25, 0.3) is 0 Å². The Bertz CT molecular complexity index is 821. The number of nitrogens with one attached hydrogen (secondary N) is 1. The molecule has 1 unspecified atom stereocenters. The Kier molecular flexibility index (Phi) is 6.34. The summed E-state index contributed by atoms with van der Waals surface area (Å²) in [6.45, 7) is 3.46. The second kappa shape index (κ2) is 8.72. The van der Waals surface area contributed by atoms with Gasteiger partial charge >= 0.3 is 0 Å². The Hall–Kier alpha value is -2.11. The minimum atomic E-state index is 0. The lowest BCUT2D eigenvalue weighted by atomic mass is 9.99. The molecule has 1 N–H and O–H groups in total. The van der Waals surface area contributed by atoms with E-state index < -0.39 is 0 Å². The quantitative estimate of drug-likeness (QED) is 0.878. The molecule has 6 heteroatoms. The summed E-state index contributed by atoms with van der Waals surface area (Å²) >= 11 is 0. The molecule has 144 valence electrons. The number of hydrogen-bond donors (Lipinski definition) is 1. The summed E-state index contributed by atoms with van der Waals surface area (Å²) in [4.78, 5) is 29.0. The van der Waals surface area contributed by atoms with Gasteiger partial charge in [0.2, 0.25) is 11.8 Å². The minimum absolute atomic E-state index is 0. The summed E-state index contributed by atoms with van der Waals surface area (Å²) in [6.07, 6.45) is 2.37. The molecule has 2 heterocycles. The van der Waals surface area contributed by atoms with Crippen LogP contribution in [0.1, 0.15) is 18.4 Å². The van der Waals surface area contributed by atoms with E-state index in [4.69, 9.17) is 0 Å². The number of carbonyl (C=O) groups excluding carboxylic acids is 2. The van der Waals surface area contributed by atoms with Crippen molar-refractivity contribution in [1.29, 1.82) is 0 Å². The lowest BCUT2D eigenvalue weighted by molar-refractivity contribution is -0.140. The SMILES string of the molecule is Cl.O=C(Cc1cccc2ccccc12)N1CCCC(N2CCNCC2=O)C1. The zero-order valence-corrected chi connectivity index (χ0v) is 16.2. The summed E-state index contributed by atoms with van der Waals surface area (Å²) in [5, 5.41) is 5.43. The molecule has 1 atom stereocenters. The van der Waals surface area contributed by atoms with E-state index in [-0.39, 0.29) is 30.3 Å². The molecule has 0 aromatic heterocycles. The van der Waals surface area contributed by atoms with E-state index in [1.165, 1.54) is 5.39 Å². The molecule has 2 saturated heterocycles. The number of nitrogens with zero attached hydrogens (tertiary/aromatic N) is 2. The summed E-state index contributed by atoms with van der Waals surface area (Å²) in [6, 6.07) is 14.5. The van der Waals surface area contributed by atoms with Gasteiger partial charge in [-0.1, -0.05) is 42.5 Å². The average molecular weight is 388 g/mol. The highest BCUT2D eigenvalue weighted by molar-refractivity contribution is 5.90. The van der Waals surface area contributed by atoms with Crippen LogP contribution in [0.15, 0.2) is 42.5 Å². The number of piperazine rings is 1. The first-order chi connectivity index (χ1) is 12.7. The van der Waals surface area contributed by atoms with Gasteiger partial charge < -0.3 is 15.1 Å². The Balaban J connectivity index is 0.00000210. The third-order valence-corrected chi connectivity index (χ3v) is 5.54. The predicted octanol–water partition coefficient (Wildman–Crippen LogP) is 2.23. The summed E-state index contributed by atoms with van der Waals surface area (Å²) in [5.41, 5.74) is 1.08. The van der Waals surface area contributed by atoms with Gasteiger partial charge in [-0.2, -0.15) is 0 Å². The molecule has 2 aromatic rings. The topological polar surface area (TPSA) is 52.7 Å². The van der Waals surface area contributed by atoms with Crippen molar-refractivity contribution in [3.05, 3.63) is 48.0 Å². The standard InChI is InChI=1S/C21H25N3O2.ClH/c25-20(13-17-7-3-6-16-5-1-2-9-19(16)17)23-11-4-8-18(15-23)24-12-10-22-14-21(24)26;/h1-3,5-7,9,18,22H,4,8,10-15H2;1H. The van der Waals surface area contributed by atoms with Crippen molar-refractivity contribution in [1.82, 2.24) is 15.1 Å². The third kappa shape index (κ3) is 4.25. The number of rotatable bonds is 3.